The molecule has 3 nitrogen and oxygen atoms in total. The van der Waals surface area contributed by atoms with Gasteiger partial charge in [0.25, 0.3) is 0 Å². The normalized spacial score (nSPS) is 14.2. The molecule has 11 aromatic rings. The molecule has 3 aliphatic rings. The number of hydrogen-bond acceptors (Lipinski definition) is 3. The maximum atomic E-state index is 6.35. The Morgan fingerprint density at radius 1 is 0.345 bits per heavy atom. The van der Waals surface area contributed by atoms with Crippen LogP contribution in [0.25, 0.3) is 111 Å². The Balaban J connectivity index is 1.01. The smallest absolute Gasteiger partial charge is 0.136 e. The van der Waals surface area contributed by atoms with E-state index in [-0.39, 0.29) is 0 Å². The molecule has 1 aliphatic heterocycles. The molecule has 0 fully saturated rings. The van der Waals surface area contributed by atoms with E-state index < -0.39 is 0 Å². The molecule has 2 aliphatic carbocycles. The van der Waals surface area contributed by atoms with Crippen molar-refractivity contribution < 1.29 is 8.83 Å². The third kappa shape index (κ3) is 4.07. The average molecular weight is 738 g/mol. The number of anilines is 2. The maximum Gasteiger partial charge on any atom is 0.136 e. The fraction of sp³-hybridized carbons (Fsp3) is 0.0182. The van der Waals surface area contributed by atoms with Crippen LogP contribution in [0.4, 0.5) is 11.4 Å². The molecule has 1 unspecified atom stereocenters. The second kappa shape index (κ2) is 11.0. The lowest BCUT2D eigenvalue weighted by molar-refractivity contribution is 0.668. The van der Waals surface area contributed by atoms with E-state index in [4.69, 9.17) is 8.83 Å². The van der Waals surface area contributed by atoms with Crippen molar-refractivity contribution >= 4 is 55.3 Å². The van der Waals surface area contributed by atoms with Crippen LogP contribution in [-0.2, 0) is 0 Å². The molecule has 268 valence electrons. The lowest BCUT2D eigenvalue weighted by atomic mass is 9.86. The van der Waals surface area contributed by atoms with Gasteiger partial charge in [-0.05, 0) is 127 Å². The second-order valence-corrected chi connectivity index (χ2v) is 16.0. The zero-order valence-electron chi connectivity index (χ0n) is 31.1. The van der Waals surface area contributed by atoms with Crippen molar-refractivity contribution in [3.63, 3.8) is 0 Å². The van der Waals surface area contributed by atoms with Gasteiger partial charge in [-0.1, -0.05) is 121 Å². The van der Waals surface area contributed by atoms with Gasteiger partial charge in [-0.3, -0.25) is 0 Å². The van der Waals surface area contributed by atoms with Crippen molar-refractivity contribution in [3.05, 3.63) is 193 Å². The Hall–Kier alpha value is -7.62. The second-order valence-electron chi connectivity index (χ2n) is 16.0. The van der Waals surface area contributed by atoms with Gasteiger partial charge in [0.1, 0.15) is 22.3 Å². The maximum absolute atomic E-state index is 6.35. The van der Waals surface area contributed by atoms with Crippen LogP contribution in [0.15, 0.2) is 185 Å². The van der Waals surface area contributed by atoms with Gasteiger partial charge >= 0.3 is 0 Å². The van der Waals surface area contributed by atoms with Crippen LogP contribution >= 0.6 is 0 Å². The number of benzene rings is 9. The topological polar surface area (TPSA) is 38.3 Å². The minimum Gasteiger partial charge on any atom is -0.456 e. The number of furan rings is 2. The molecule has 58 heavy (non-hydrogen) atoms. The van der Waals surface area contributed by atoms with Gasteiger partial charge in [-0.2, -0.15) is 0 Å². The summed E-state index contributed by atoms with van der Waals surface area (Å²) in [5, 5.41) is 8.46. The van der Waals surface area contributed by atoms with Crippen molar-refractivity contribution in [2.24, 2.45) is 0 Å². The Bertz CT molecular complexity index is 3620. The molecule has 0 radical (unpaired) electrons. The minimum atomic E-state index is 0.456. The molecule has 0 saturated carbocycles. The summed E-state index contributed by atoms with van der Waals surface area (Å²) in [6.07, 6.45) is 0. The van der Waals surface area contributed by atoms with Crippen LogP contribution in [0.3, 0.4) is 0 Å². The molecule has 2 aromatic heterocycles. The van der Waals surface area contributed by atoms with E-state index >= 15 is 0 Å². The number of para-hydroxylation sites is 2. The molecular formula is C55H31NO2. The van der Waals surface area contributed by atoms with E-state index in [0.29, 0.717) is 5.92 Å². The van der Waals surface area contributed by atoms with Crippen LogP contribution in [0.2, 0.25) is 0 Å². The highest BCUT2D eigenvalue weighted by Crippen LogP contribution is 2.63. The van der Waals surface area contributed by atoms with Crippen molar-refractivity contribution in [2.75, 3.05) is 5.32 Å². The van der Waals surface area contributed by atoms with Crippen molar-refractivity contribution in [1.29, 1.82) is 0 Å². The standard InChI is InChI=1S/C55H31NO2/c1-2-10-38-37(9-1)53-35(23-24-41-54(38)55(41)53)30-19-22-36-42(27-30)44-29-32(34-14-8-18-50-52(34)40-12-4-6-16-48(40)58-50)21-26-46(44)56-45-25-20-31(28-43(36)45)33-13-7-17-49-51(33)39-11-3-5-15-47(39)57-49/h1-29,54,56H. The molecule has 0 bridgehead atoms. The van der Waals surface area contributed by atoms with Gasteiger partial charge in [0.05, 0.1) is 0 Å². The Morgan fingerprint density at radius 2 is 0.862 bits per heavy atom. The Labute approximate surface area is 333 Å². The number of rotatable bonds is 3. The van der Waals surface area contributed by atoms with Gasteiger partial charge in [-0.15, -0.1) is 0 Å². The lowest BCUT2D eigenvalue weighted by Crippen LogP contribution is -1.93. The fourth-order valence-electron chi connectivity index (χ4n) is 10.4. The fourth-order valence-corrected chi connectivity index (χ4v) is 10.4. The summed E-state index contributed by atoms with van der Waals surface area (Å²) < 4.78 is 12.7. The van der Waals surface area contributed by atoms with E-state index in [1.165, 1.54) is 61.2 Å². The molecule has 9 aromatic carbocycles. The van der Waals surface area contributed by atoms with Crippen molar-refractivity contribution in [3.8, 4) is 66.8 Å². The van der Waals surface area contributed by atoms with Gasteiger partial charge in [0, 0.05) is 50.0 Å². The Kier molecular flexibility index (Phi) is 5.81. The molecule has 14 rings (SSSR count). The molecule has 0 amide bonds. The third-order valence-corrected chi connectivity index (χ3v) is 13.0. The summed E-state index contributed by atoms with van der Waals surface area (Å²) in [5.41, 5.74) is 24.9. The predicted octanol–water partition coefficient (Wildman–Crippen LogP) is 15.4. The van der Waals surface area contributed by atoms with Crippen molar-refractivity contribution in [1.82, 2.24) is 0 Å². The minimum absolute atomic E-state index is 0.456. The zero-order chi connectivity index (χ0) is 37.6. The summed E-state index contributed by atoms with van der Waals surface area (Å²) in [6, 6.07) is 64.0. The first-order chi connectivity index (χ1) is 28.7. The average Bonchev–Trinajstić information content (AvgIpc) is 3.53. The quantitative estimate of drug-likeness (QED) is 0.196. The summed E-state index contributed by atoms with van der Waals surface area (Å²) in [4.78, 5) is 0. The summed E-state index contributed by atoms with van der Waals surface area (Å²) in [5.74, 6) is 0.456. The van der Waals surface area contributed by atoms with Crippen LogP contribution in [0.5, 0.6) is 0 Å². The number of nitrogens with one attached hydrogen (secondary N) is 1. The van der Waals surface area contributed by atoms with Crippen LogP contribution in [0.1, 0.15) is 22.6 Å². The molecular weight excluding hydrogens is 707 g/mol. The van der Waals surface area contributed by atoms with Gasteiger partial charge in [0.15, 0.2) is 0 Å². The molecule has 0 spiro atoms. The summed E-state index contributed by atoms with van der Waals surface area (Å²) in [7, 11) is 0. The molecule has 0 saturated heterocycles. The van der Waals surface area contributed by atoms with Crippen LogP contribution in [0, 0.1) is 0 Å². The zero-order valence-corrected chi connectivity index (χ0v) is 31.1. The molecule has 3 heteroatoms. The highest BCUT2D eigenvalue weighted by atomic mass is 16.3. The van der Waals surface area contributed by atoms with Gasteiger partial charge in [-0.25, -0.2) is 0 Å². The first-order valence-electron chi connectivity index (χ1n) is 20.0. The Morgan fingerprint density at radius 3 is 1.55 bits per heavy atom. The first-order valence-corrected chi connectivity index (χ1v) is 20.0. The number of fused-ring (bicyclic) bond motifs is 15. The van der Waals surface area contributed by atoms with E-state index in [1.807, 2.05) is 12.1 Å². The molecule has 1 N–H and O–H groups in total. The van der Waals surface area contributed by atoms with E-state index in [9.17, 15) is 0 Å². The van der Waals surface area contributed by atoms with E-state index in [1.54, 1.807) is 0 Å². The monoisotopic (exact) mass is 737 g/mol. The van der Waals surface area contributed by atoms with E-state index in [0.717, 1.165) is 77.5 Å². The van der Waals surface area contributed by atoms with Gasteiger partial charge in [0.2, 0.25) is 0 Å². The largest absolute Gasteiger partial charge is 0.456 e. The van der Waals surface area contributed by atoms with Gasteiger partial charge < -0.3 is 14.2 Å². The first kappa shape index (κ1) is 30.6. The highest BCUT2D eigenvalue weighted by molar-refractivity contribution is 6.15. The molecule has 3 heterocycles. The highest BCUT2D eigenvalue weighted by Gasteiger charge is 2.45. The van der Waals surface area contributed by atoms with E-state index in [2.05, 4.69) is 169 Å². The third-order valence-electron chi connectivity index (χ3n) is 13.0. The predicted molar refractivity (Wildman–Crippen MR) is 238 cm³/mol. The van der Waals surface area contributed by atoms with Crippen molar-refractivity contribution in [2.45, 2.75) is 5.92 Å². The lowest BCUT2D eigenvalue weighted by Gasteiger charge is -2.16. The molecule has 1 atom stereocenters. The van der Waals surface area contributed by atoms with Crippen LogP contribution in [-0.4, -0.2) is 0 Å². The SMILES string of the molecule is c1ccc2c(c1)-c1c(-c3ccc4c(c3)-c3cc(-c5cccc6oc7ccccc7c56)ccc3Nc3ccc(-c5cccc6oc7ccccc7c56)cc3-4)ccc3c1C23. The summed E-state index contributed by atoms with van der Waals surface area (Å²) in [6.45, 7) is 0. The van der Waals surface area contributed by atoms with Crippen LogP contribution < -0.4 is 5.32 Å². The number of hydrogen-bond donors (Lipinski definition) is 1. The summed E-state index contributed by atoms with van der Waals surface area (Å²) >= 11 is 0.